The van der Waals surface area contributed by atoms with Crippen LogP contribution in [0.2, 0.25) is 0 Å². The van der Waals surface area contributed by atoms with Gasteiger partial charge in [0.25, 0.3) is 11.7 Å². The molecule has 7 nitrogen and oxygen atoms in total. The fraction of sp³-hybridized carbons (Fsp3) is 0.241. The average molecular weight is 506 g/mol. The Morgan fingerprint density at radius 1 is 0.946 bits per heavy atom. The number of hydrogen-bond acceptors (Lipinski definition) is 6. The van der Waals surface area contributed by atoms with Crippen LogP contribution in [0.5, 0.6) is 17.2 Å². The monoisotopic (exact) mass is 505 g/mol. The lowest BCUT2D eigenvalue weighted by Crippen LogP contribution is -2.29. The molecule has 37 heavy (non-hydrogen) atoms. The van der Waals surface area contributed by atoms with Gasteiger partial charge in [0.05, 0.1) is 38.0 Å². The highest BCUT2D eigenvalue weighted by Crippen LogP contribution is 2.43. The maximum absolute atomic E-state index is 13.5. The number of likely N-dealkylation sites (tertiary alicyclic amines) is 1. The van der Waals surface area contributed by atoms with E-state index in [9.17, 15) is 19.1 Å². The van der Waals surface area contributed by atoms with Gasteiger partial charge < -0.3 is 24.2 Å². The molecule has 1 aliphatic rings. The summed E-state index contributed by atoms with van der Waals surface area (Å²) >= 11 is 0. The van der Waals surface area contributed by atoms with Crippen LogP contribution in [-0.2, 0) is 16.1 Å². The van der Waals surface area contributed by atoms with Crippen molar-refractivity contribution in [2.45, 2.75) is 26.4 Å². The third-order valence-corrected chi connectivity index (χ3v) is 6.22. The highest BCUT2D eigenvalue weighted by Gasteiger charge is 2.46. The number of benzene rings is 3. The third kappa shape index (κ3) is 5.00. The number of halogens is 1. The normalized spacial score (nSPS) is 16.7. The molecule has 0 aliphatic carbocycles. The van der Waals surface area contributed by atoms with E-state index in [0.717, 1.165) is 5.56 Å². The maximum Gasteiger partial charge on any atom is 0.295 e. The van der Waals surface area contributed by atoms with Crippen molar-refractivity contribution in [2.24, 2.45) is 0 Å². The Morgan fingerprint density at radius 3 is 2.27 bits per heavy atom. The number of aryl methyl sites for hydroxylation is 1. The van der Waals surface area contributed by atoms with E-state index < -0.39 is 23.5 Å². The van der Waals surface area contributed by atoms with Crippen molar-refractivity contribution < 1.29 is 33.3 Å². The molecule has 0 spiro atoms. The Bertz CT molecular complexity index is 1370. The molecule has 0 saturated carbocycles. The summed E-state index contributed by atoms with van der Waals surface area (Å²) in [4.78, 5) is 28.1. The van der Waals surface area contributed by atoms with Crippen molar-refractivity contribution in [3.05, 3.63) is 94.3 Å². The van der Waals surface area contributed by atoms with Gasteiger partial charge in [-0.3, -0.25) is 9.59 Å². The molecule has 1 fully saturated rings. The average Bonchev–Trinajstić information content (AvgIpc) is 3.14. The Hall–Kier alpha value is -4.33. The van der Waals surface area contributed by atoms with Crippen molar-refractivity contribution in [2.75, 3.05) is 20.8 Å². The van der Waals surface area contributed by atoms with Crippen LogP contribution in [-0.4, -0.2) is 42.5 Å². The van der Waals surface area contributed by atoms with Gasteiger partial charge >= 0.3 is 0 Å². The highest BCUT2D eigenvalue weighted by atomic mass is 19.1. The van der Waals surface area contributed by atoms with Crippen LogP contribution in [0, 0.1) is 12.7 Å². The fourth-order valence-corrected chi connectivity index (χ4v) is 4.46. The number of nitrogens with zero attached hydrogens (tertiary/aromatic N) is 1. The first-order valence-electron chi connectivity index (χ1n) is 11.8. The van der Waals surface area contributed by atoms with Gasteiger partial charge in [0.1, 0.15) is 17.3 Å². The summed E-state index contributed by atoms with van der Waals surface area (Å²) in [7, 11) is 2.98. The number of carbonyl (C=O) groups is 2. The second-order valence-corrected chi connectivity index (χ2v) is 8.60. The molecule has 1 N–H and O–H groups in total. The summed E-state index contributed by atoms with van der Waals surface area (Å²) in [6.45, 7) is 4.07. The van der Waals surface area contributed by atoms with Crippen LogP contribution < -0.4 is 14.2 Å². The standard InChI is InChI=1S/C29H28FNO6/c1-5-37-24-15-19(9-13-23(24)36-4)26-25(27(32)21-14-17(2)6-12-22(21)35-3)28(33)29(34)31(26)16-18-7-10-20(30)11-8-18/h6-15,26,32H,5,16H2,1-4H3/b27-25+. The molecule has 1 unspecified atom stereocenters. The SMILES string of the molecule is CCOc1cc(C2/C(=C(\O)c3cc(C)ccc3OC)C(=O)C(=O)N2Cc2ccc(F)cc2)ccc1OC. The zero-order valence-corrected chi connectivity index (χ0v) is 21.1. The molecule has 1 heterocycles. The summed E-state index contributed by atoms with van der Waals surface area (Å²) in [5.41, 5.74) is 2.22. The summed E-state index contributed by atoms with van der Waals surface area (Å²) in [5.74, 6) is -1.09. The van der Waals surface area contributed by atoms with E-state index in [2.05, 4.69) is 0 Å². The van der Waals surface area contributed by atoms with Crippen molar-refractivity contribution in [1.82, 2.24) is 4.90 Å². The maximum atomic E-state index is 13.5. The molecule has 0 aromatic heterocycles. The molecule has 8 heteroatoms. The van der Waals surface area contributed by atoms with Gasteiger partial charge in [-0.15, -0.1) is 0 Å². The number of hydrogen-bond donors (Lipinski definition) is 1. The summed E-state index contributed by atoms with van der Waals surface area (Å²) in [6, 6.07) is 15.0. The van der Waals surface area contributed by atoms with E-state index in [-0.39, 0.29) is 17.9 Å². The van der Waals surface area contributed by atoms with Crippen LogP contribution in [0.4, 0.5) is 4.39 Å². The van der Waals surface area contributed by atoms with Crippen molar-refractivity contribution >= 4 is 17.4 Å². The van der Waals surface area contributed by atoms with Gasteiger partial charge in [-0.25, -0.2) is 4.39 Å². The first kappa shape index (κ1) is 25.8. The third-order valence-electron chi connectivity index (χ3n) is 6.22. The molecular formula is C29H28FNO6. The number of rotatable bonds is 8. The summed E-state index contributed by atoms with van der Waals surface area (Å²) in [5, 5.41) is 11.5. The molecule has 0 bridgehead atoms. The Morgan fingerprint density at radius 2 is 1.62 bits per heavy atom. The molecular weight excluding hydrogens is 477 g/mol. The number of aliphatic hydroxyl groups is 1. The number of amides is 1. The van der Waals surface area contributed by atoms with Gasteiger partial charge in [-0.2, -0.15) is 0 Å². The minimum Gasteiger partial charge on any atom is -0.507 e. The number of ether oxygens (including phenoxy) is 3. The lowest BCUT2D eigenvalue weighted by molar-refractivity contribution is -0.140. The van der Waals surface area contributed by atoms with Gasteiger partial charge in [-0.05, 0) is 61.4 Å². The minimum absolute atomic E-state index is 0.0211. The smallest absolute Gasteiger partial charge is 0.295 e. The second kappa shape index (κ2) is 10.7. The zero-order valence-electron chi connectivity index (χ0n) is 21.1. The van der Waals surface area contributed by atoms with Crippen LogP contribution in [0.25, 0.3) is 5.76 Å². The van der Waals surface area contributed by atoms with Gasteiger partial charge in [0.2, 0.25) is 0 Å². The van der Waals surface area contributed by atoms with Crippen LogP contribution in [0.3, 0.4) is 0 Å². The number of carbonyl (C=O) groups excluding carboxylic acids is 2. The predicted molar refractivity (Wildman–Crippen MR) is 136 cm³/mol. The van der Waals surface area contributed by atoms with Gasteiger partial charge in [-0.1, -0.05) is 29.8 Å². The van der Waals surface area contributed by atoms with Crippen molar-refractivity contribution in [3.8, 4) is 17.2 Å². The quantitative estimate of drug-likeness (QED) is 0.258. The molecule has 1 saturated heterocycles. The topological polar surface area (TPSA) is 85.3 Å². The van der Waals surface area contributed by atoms with Crippen molar-refractivity contribution in [3.63, 3.8) is 0 Å². The second-order valence-electron chi connectivity index (χ2n) is 8.60. The molecule has 0 radical (unpaired) electrons. The van der Waals surface area contributed by atoms with Gasteiger partial charge in [0.15, 0.2) is 11.5 Å². The van der Waals surface area contributed by atoms with Crippen LogP contribution >= 0.6 is 0 Å². The molecule has 4 rings (SSSR count). The van der Waals surface area contributed by atoms with E-state index in [1.54, 1.807) is 42.5 Å². The zero-order chi connectivity index (χ0) is 26.7. The van der Waals surface area contributed by atoms with Gasteiger partial charge in [0, 0.05) is 6.54 Å². The lowest BCUT2D eigenvalue weighted by Gasteiger charge is -2.26. The number of ketones is 1. The largest absolute Gasteiger partial charge is 0.507 e. The lowest BCUT2D eigenvalue weighted by atomic mass is 9.94. The molecule has 1 atom stereocenters. The fourth-order valence-electron chi connectivity index (χ4n) is 4.46. The molecule has 192 valence electrons. The Kier molecular flexibility index (Phi) is 7.47. The first-order valence-corrected chi connectivity index (χ1v) is 11.8. The van der Waals surface area contributed by atoms with E-state index >= 15 is 0 Å². The summed E-state index contributed by atoms with van der Waals surface area (Å²) in [6.07, 6.45) is 0. The highest BCUT2D eigenvalue weighted by molar-refractivity contribution is 6.46. The first-order chi connectivity index (χ1) is 17.8. The molecule has 3 aromatic rings. The Labute approximate surface area is 214 Å². The van der Waals surface area contributed by atoms with E-state index in [1.165, 1.54) is 31.3 Å². The number of Topliss-reactive ketones (excluding diaryl/α,β-unsaturated/α-hetero) is 1. The predicted octanol–water partition coefficient (Wildman–Crippen LogP) is 5.17. The van der Waals surface area contributed by atoms with E-state index in [1.807, 2.05) is 19.9 Å². The number of methoxy groups -OCH3 is 2. The van der Waals surface area contributed by atoms with E-state index in [0.29, 0.717) is 40.5 Å². The van der Waals surface area contributed by atoms with Crippen molar-refractivity contribution in [1.29, 1.82) is 0 Å². The Balaban J connectivity index is 1.93. The van der Waals surface area contributed by atoms with Crippen LogP contribution in [0.1, 0.15) is 35.2 Å². The number of aliphatic hydroxyl groups excluding tert-OH is 1. The summed E-state index contributed by atoms with van der Waals surface area (Å²) < 4.78 is 30.1. The molecule has 1 aliphatic heterocycles. The minimum atomic E-state index is -0.944. The van der Waals surface area contributed by atoms with E-state index in [4.69, 9.17) is 14.2 Å². The molecule has 3 aromatic carbocycles. The molecule has 1 amide bonds. The van der Waals surface area contributed by atoms with Crippen LogP contribution in [0.15, 0.2) is 66.2 Å².